The second-order valence-corrected chi connectivity index (χ2v) is 8.53. The first-order valence-corrected chi connectivity index (χ1v) is 10.7. The summed E-state index contributed by atoms with van der Waals surface area (Å²) in [4.78, 5) is 0. The average Bonchev–Trinajstić information content (AvgIpc) is 2.71. The van der Waals surface area contributed by atoms with E-state index in [4.69, 9.17) is 0 Å². The Bertz CT molecular complexity index is 681. The number of ether oxygens (including phenoxy) is 1. The molecular weight excluding hydrogens is 406 g/mol. The van der Waals surface area contributed by atoms with Gasteiger partial charge in [-0.25, -0.2) is 17.6 Å². The van der Waals surface area contributed by atoms with Gasteiger partial charge in [0, 0.05) is 6.42 Å². The normalized spacial score (nSPS) is 27.9. The molecule has 7 heteroatoms. The van der Waals surface area contributed by atoms with Crippen molar-refractivity contribution in [3.63, 3.8) is 0 Å². The SMILES string of the molecule is Fc1cc(C2CCC(C3CCC(C=CCC(F)F)CC3)CC2)cc(F)c1OC(F)F. The van der Waals surface area contributed by atoms with E-state index in [1.54, 1.807) is 6.08 Å². The third kappa shape index (κ3) is 6.17. The molecule has 0 saturated heterocycles. The van der Waals surface area contributed by atoms with Crippen molar-refractivity contribution in [2.45, 2.75) is 76.7 Å². The molecule has 2 saturated carbocycles. The van der Waals surface area contributed by atoms with Gasteiger partial charge in [0.1, 0.15) is 0 Å². The standard InChI is InChI=1S/C23H28F6O/c24-19-12-18(13-20(25)22(19)30-23(28)29)17-10-8-16(9-11-17)15-6-4-14(5-7-15)2-1-3-21(26)27/h1-2,12-17,21,23H,3-11H2. The van der Waals surface area contributed by atoms with Gasteiger partial charge < -0.3 is 4.74 Å². The summed E-state index contributed by atoms with van der Waals surface area (Å²) in [5, 5.41) is 0. The molecule has 2 fully saturated rings. The molecule has 0 spiro atoms. The zero-order valence-corrected chi connectivity index (χ0v) is 16.8. The smallest absolute Gasteiger partial charge is 0.387 e. The molecule has 2 aliphatic carbocycles. The summed E-state index contributed by atoms with van der Waals surface area (Å²) >= 11 is 0. The maximum atomic E-state index is 14.0. The molecular formula is C23H28F6O. The van der Waals surface area contributed by atoms with E-state index < -0.39 is 30.4 Å². The largest absolute Gasteiger partial charge is 0.429 e. The lowest BCUT2D eigenvalue weighted by molar-refractivity contribution is -0.0546. The van der Waals surface area contributed by atoms with Gasteiger partial charge in [-0.2, -0.15) is 8.78 Å². The van der Waals surface area contributed by atoms with Crippen LogP contribution in [-0.2, 0) is 0 Å². The van der Waals surface area contributed by atoms with Crippen LogP contribution in [0.3, 0.4) is 0 Å². The van der Waals surface area contributed by atoms with Gasteiger partial charge in [0.2, 0.25) is 6.43 Å². The van der Waals surface area contributed by atoms with Gasteiger partial charge in [0.15, 0.2) is 17.4 Å². The zero-order valence-electron chi connectivity index (χ0n) is 16.8. The molecule has 0 bridgehead atoms. The quantitative estimate of drug-likeness (QED) is 0.314. The van der Waals surface area contributed by atoms with Gasteiger partial charge in [0.05, 0.1) is 0 Å². The van der Waals surface area contributed by atoms with Crippen LogP contribution in [0, 0.1) is 29.4 Å². The van der Waals surface area contributed by atoms with E-state index in [1.165, 1.54) is 0 Å². The molecule has 0 heterocycles. The molecule has 0 radical (unpaired) electrons. The van der Waals surface area contributed by atoms with E-state index >= 15 is 0 Å². The number of benzene rings is 1. The van der Waals surface area contributed by atoms with Crippen molar-refractivity contribution in [2.75, 3.05) is 0 Å². The fraction of sp³-hybridized carbons (Fsp3) is 0.652. The van der Waals surface area contributed by atoms with Gasteiger partial charge in [-0.05, 0) is 92.7 Å². The third-order valence-electron chi connectivity index (χ3n) is 6.68. The molecule has 0 aliphatic heterocycles. The van der Waals surface area contributed by atoms with Crippen LogP contribution in [0.1, 0.15) is 69.3 Å². The highest BCUT2D eigenvalue weighted by atomic mass is 19.3. The van der Waals surface area contributed by atoms with Crippen LogP contribution in [0.2, 0.25) is 0 Å². The number of halogens is 6. The Labute approximate surface area is 173 Å². The van der Waals surface area contributed by atoms with Crippen LogP contribution in [-0.4, -0.2) is 13.0 Å². The van der Waals surface area contributed by atoms with Gasteiger partial charge in [-0.1, -0.05) is 12.2 Å². The highest BCUT2D eigenvalue weighted by Gasteiger charge is 2.31. The Morgan fingerprint density at radius 1 is 0.833 bits per heavy atom. The predicted molar refractivity (Wildman–Crippen MR) is 103 cm³/mol. The van der Waals surface area contributed by atoms with Crippen LogP contribution < -0.4 is 4.74 Å². The summed E-state index contributed by atoms with van der Waals surface area (Å²) in [6.45, 7) is -3.27. The molecule has 1 nitrogen and oxygen atoms in total. The summed E-state index contributed by atoms with van der Waals surface area (Å²) in [6, 6.07) is 2.23. The maximum Gasteiger partial charge on any atom is 0.387 e. The Morgan fingerprint density at radius 3 is 1.87 bits per heavy atom. The number of hydrogen-bond donors (Lipinski definition) is 0. The lowest BCUT2D eigenvalue weighted by atomic mass is 9.68. The van der Waals surface area contributed by atoms with E-state index in [-0.39, 0.29) is 12.3 Å². The van der Waals surface area contributed by atoms with Gasteiger partial charge in [-0.3, -0.25) is 0 Å². The molecule has 0 atom stereocenters. The molecule has 0 N–H and O–H groups in total. The topological polar surface area (TPSA) is 9.23 Å². The van der Waals surface area contributed by atoms with Crippen LogP contribution in [0.5, 0.6) is 5.75 Å². The number of allylic oxidation sites excluding steroid dienone is 2. The first-order chi connectivity index (χ1) is 14.3. The molecule has 168 valence electrons. The van der Waals surface area contributed by atoms with E-state index in [0.29, 0.717) is 23.3 Å². The first-order valence-electron chi connectivity index (χ1n) is 10.7. The molecule has 2 aliphatic rings. The van der Waals surface area contributed by atoms with Crippen molar-refractivity contribution >= 4 is 0 Å². The lowest BCUT2D eigenvalue weighted by Gasteiger charge is -2.37. The minimum atomic E-state index is -3.27. The Morgan fingerprint density at radius 2 is 1.37 bits per heavy atom. The summed E-state index contributed by atoms with van der Waals surface area (Å²) in [5.74, 6) is -1.63. The Kier molecular flexibility index (Phi) is 8.12. The van der Waals surface area contributed by atoms with Crippen LogP contribution in [0.4, 0.5) is 26.3 Å². The highest BCUT2D eigenvalue weighted by Crippen LogP contribution is 2.44. The molecule has 1 aromatic rings. The second kappa shape index (κ2) is 10.6. The predicted octanol–water partition coefficient (Wildman–Crippen LogP) is 7.86. The van der Waals surface area contributed by atoms with Crippen molar-refractivity contribution in [1.82, 2.24) is 0 Å². The fourth-order valence-corrected chi connectivity index (χ4v) is 5.12. The minimum absolute atomic E-state index is 0.0134. The molecule has 0 aromatic heterocycles. The molecule has 0 unspecified atom stereocenters. The summed E-state index contributed by atoms with van der Waals surface area (Å²) in [5.41, 5.74) is 0.498. The minimum Gasteiger partial charge on any atom is -0.429 e. The number of rotatable bonds is 7. The van der Waals surface area contributed by atoms with Gasteiger partial charge in [0.25, 0.3) is 0 Å². The van der Waals surface area contributed by atoms with Crippen molar-refractivity contribution in [1.29, 1.82) is 0 Å². The van der Waals surface area contributed by atoms with Crippen molar-refractivity contribution in [3.8, 4) is 5.75 Å². The Hall–Kier alpha value is -1.66. The average molecular weight is 434 g/mol. The summed E-state index contributed by atoms with van der Waals surface area (Å²) in [7, 11) is 0. The molecule has 3 rings (SSSR count). The molecule has 30 heavy (non-hydrogen) atoms. The van der Waals surface area contributed by atoms with E-state index in [9.17, 15) is 26.3 Å². The van der Waals surface area contributed by atoms with Crippen molar-refractivity contribution < 1.29 is 31.1 Å². The molecule has 0 amide bonds. The van der Waals surface area contributed by atoms with E-state index in [1.807, 2.05) is 6.08 Å². The zero-order chi connectivity index (χ0) is 21.7. The first kappa shape index (κ1) is 23.0. The highest BCUT2D eigenvalue weighted by molar-refractivity contribution is 5.33. The number of hydrogen-bond acceptors (Lipinski definition) is 1. The summed E-state index contributed by atoms with van der Waals surface area (Å²) < 4.78 is 81.0. The van der Waals surface area contributed by atoms with Crippen LogP contribution in [0.25, 0.3) is 0 Å². The van der Waals surface area contributed by atoms with E-state index in [2.05, 4.69) is 4.74 Å². The Balaban J connectivity index is 1.49. The van der Waals surface area contributed by atoms with Gasteiger partial charge in [-0.15, -0.1) is 0 Å². The van der Waals surface area contributed by atoms with E-state index in [0.717, 1.165) is 63.5 Å². The second-order valence-electron chi connectivity index (χ2n) is 8.53. The maximum absolute atomic E-state index is 14.0. The van der Waals surface area contributed by atoms with Gasteiger partial charge >= 0.3 is 6.61 Å². The lowest BCUT2D eigenvalue weighted by Crippen LogP contribution is -2.25. The van der Waals surface area contributed by atoms with Crippen molar-refractivity contribution in [3.05, 3.63) is 41.5 Å². The van der Waals surface area contributed by atoms with Crippen LogP contribution in [0.15, 0.2) is 24.3 Å². The molecule has 1 aromatic carbocycles. The fourth-order valence-electron chi connectivity index (χ4n) is 5.12. The third-order valence-corrected chi connectivity index (χ3v) is 6.68. The monoisotopic (exact) mass is 434 g/mol. The summed E-state index contributed by atoms with van der Waals surface area (Å²) in [6.07, 6.45) is 8.84. The van der Waals surface area contributed by atoms with Crippen LogP contribution >= 0.6 is 0 Å². The van der Waals surface area contributed by atoms with Crippen molar-refractivity contribution in [2.24, 2.45) is 17.8 Å². The number of alkyl halides is 4.